The molecular weight excluding hydrogens is 382 g/mol. The van der Waals surface area contributed by atoms with E-state index in [1.807, 2.05) is 24.3 Å². The van der Waals surface area contributed by atoms with E-state index in [0.29, 0.717) is 22.7 Å². The van der Waals surface area contributed by atoms with Crippen LogP contribution >= 0.6 is 0 Å². The average Bonchev–Trinajstić information content (AvgIpc) is 2.79. The Balaban J connectivity index is 1.75. The lowest BCUT2D eigenvalue weighted by Crippen LogP contribution is -2.09. The lowest BCUT2D eigenvalue weighted by molar-refractivity contribution is -0.111. The summed E-state index contributed by atoms with van der Waals surface area (Å²) in [6.07, 6.45) is 2.47. The number of amides is 1. The summed E-state index contributed by atoms with van der Waals surface area (Å²) in [6.45, 7) is 6.87. The van der Waals surface area contributed by atoms with Crippen molar-refractivity contribution in [2.45, 2.75) is 0 Å². The molecule has 1 aromatic heterocycles. The number of benzene rings is 2. The Hall–Kier alpha value is -4.31. The van der Waals surface area contributed by atoms with Gasteiger partial charge in [0.05, 0.1) is 19.9 Å². The van der Waals surface area contributed by atoms with Gasteiger partial charge in [-0.15, -0.1) is 4.98 Å². The van der Waals surface area contributed by atoms with E-state index in [-0.39, 0.29) is 11.6 Å². The molecule has 0 aliphatic carbocycles. The molecule has 0 unspecified atom stereocenters. The molecule has 1 heterocycles. The summed E-state index contributed by atoms with van der Waals surface area (Å²) in [4.78, 5) is 19.2. The second-order valence-electron chi connectivity index (χ2n) is 6.18. The number of rotatable bonds is 6. The normalized spacial score (nSPS) is 10.8. The number of aromatic nitrogens is 1. The number of ether oxygens (including phenoxy) is 2. The molecule has 0 fully saturated rings. The van der Waals surface area contributed by atoms with Crippen LogP contribution in [0, 0.1) is 6.57 Å². The summed E-state index contributed by atoms with van der Waals surface area (Å²) in [7, 11) is 3.18. The average molecular weight is 401 g/mol. The second-order valence-corrected chi connectivity index (χ2v) is 6.18. The Morgan fingerprint density at radius 1 is 1.10 bits per heavy atom. The fourth-order valence-corrected chi connectivity index (χ4v) is 2.77. The van der Waals surface area contributed by atoms with E-state index >= 15 is 0 Å². The number of nitrogens with one attached hydrogen (secondary N) is 1. The molecule has 0 radical (unpaired) electrons. The third-order valence-electron chi connectivity index (χ3n) is 4.30. The van der Waals surface area contributed by atoms with E-state index in [1.165, 1.54) is 12.3 Å². The molecule has 0 spiro atoms. The van der Waals surface area contributed by atoms with E-state index in [2.05, 4.69) is 15.1 Å². The number of methoxy groups -OCH3 is 2. The zero-order valence-corrected chi connectivity index (χ0v) is 16.4. The van der Waals surface area contributed by atoms with E-state index in [0.717, 1.165) is 17.2 Å². The molecule has 2 N–H and O–H groups in total. The van der Waals surface area contributed by atoms with E-state index in [1.54, 1.807) is 38.5 Å². The fraction of sp³-hybridized carbons (Fsp3) is 0.0870. The summed E-state index contributed by atoms with van der Waals surface area (Å²) in [5, 5.41) is 12.9. The molecule has 0 bridgehead atoms. The van der Waals surface area contributed by atoms with Crippen LogP contribution in [-0.4, -0.2) is 30.2 Å². The second kappa shape index (κ2) is 9.26. The molecule has 3 aromatic rings. The van der Waals surface area contributed by atoms with Gasteiger partial charge in [0, 0.05) is 23.3 Å². The Kier molecular flexibility index (Phi) is 6.30. The number of carbonyl (C=O) groups is 1. The van der Waals surface area contributed by atoms with E-state index < -0.39 is 5.91 Å². The lowest BCUT2D eigenvalue weighted by Gasteiger charge is -2.11. The van der Waals surface area contributed by atoms with Crippen molar-refractivity contribution in [3.05, 3.63) is 83.9 Å². The molecule has 1 amide bonds. The molecule has 0 saturated heterocycles. The highest BCUT2D eigenvalue weighted by Crippen LogP contribution is 2.33. The first-order chi connectivity index (χ1) is 14.5. The molecule has 0 aliphatic heterocycles. The van der Waals surface area contributed by atoms with Crippen LogP contribution in [0.3, 0.4) is 0 Å². The van der Waals surface area contributed by atoms with Gasteiger partial charge in [-0.05, 0) is 29.8 Å². The van der Waals surface area contributed by atoms with Crippen molar-refractivity contribution in [2.75, 3.05) is 19.5 Å². The van der Waals surface area contributed by atoms with Crippen molar-refractivity contribution in [3.8, 4) is 22.6 Å². The van der Waals surface area contributed by atoms with Gasteiger partial charge in [-0.2, -0.15) is 0 Å². The first-order valence-electron chi connectivity index (χ1n) is 8.92. The third-order valence-corrected chi connectivity index (χ3v) is 4.30. The largest absolute Gasteiger partial charge is 0.507 e. The highest BCUT2D eigenvalue weighted by Gasteiger charge is 2.09. The van der Waals surface area contributed by atoms with Crippen molar-refractivity contribution >= 4 is 23.2 Å². The standard InChI is InChI=1S/C23H19N3O4/c1-24-22-11-8-17(14-25-22)26-23(28)13-20(27)16-6-4-15(5-7-16)19-10-9-18(29-2)12-21(19)30-3/h4-14,27H,2-3H3,(H,26,28). The van der Waals surface area contributed by atoms with Gasteiger partial charge in [-0.3, -0.25) is 4.79 Å². The summed E-state index contributed by atoms with van der Waals surface area (Å²) >= 11 is 0. The minimum Gasteiger partial charge on any atom is -0.507 e. The van der Waals surface area contributed by atoms with Gasteiger partial charge in [0.2, 0.25) is 0 Å². The molecule has 0 atom stereocenters. The molecule has 7 nitrogen and oxygen atoms in total. The van der Waals surface area contributed by atoms with Crippen LogP contribution in [0.2, 0.25) is 0 Å². The van der Waals surface area contributed by atoms with E-state index in [4.69, 9.17) is 16.0 Å². The van der Waals surface area contributed by atoms with E-state index in [9.17, 15) is 9.90 Å². The van der Waals surface area contributed by atoms with Crippen LogP contribution in [-0.2, 0) is 4.79 Å². The number of carbonyl (C=O) groups excluding carboxylic acids is 1. The molecular formula is C23H19N3O4. The lowest BCUT2D eigenvalue weighted by atomic mass is 10.0. The first-order valence-corrected chi connectivity index (χ1v) is 8.92. The van der Waals surface area contributed by atoms with Gasteiger partial charge in [0.1, 0.15) is 23.5 Å². The predicted molar refractivity (Wildman–Crippen MR) is 115 cm³/mol. The maximum absolute atomic E-state index is 12.1. The maximum atomic E-state index is 12.1. The minimum atomic E-state index is -0.509. The fourth-order valence-electron chi connectivity index (χ4n) is 2.77. The molecule has 0 saturated carbocycles. The number of hydrogen-bond acceptors (Lipinski definition) is 5. The van der Waals surface area contributed by atoms with Gasteiger partial charge in [0.15, 0.2) is 0 Å². The summed E-state index contributed by atoms with van der Waals surface area (Å²) in [5.41, 5.74) is 2.68. The summed E-state index contributed by atoms with van der Waals surface area (Å²) in [6, 6.07) is 15.7. The number of anilines is 1. The van der Waals surface area contributed by atoms with Gasteiger partial charge in [0.25, 0.3) is 11.7 Å². The van der Waals surface area contributed by atoms with Crippen molar-refractivity contribution in [2.24, 2.45) is 0 Å². The van der Waals surface area contributed by atoms with Crippen molar-refractivity contribution in [1.29, 1.82) is 0 Å². The van der Waals surface area contributed by atoms with Crippen LogP contribution in [0.15, 0.2) is 66.9 Å². The molecule has 150 valence electrons. The van der Waals surface area contributed by atoms with Crippen molar-refractivity contribution < 1.29 is 19.4 Å². The quantitative estimate of drug-likeness (QED) is 0.350. The van der Waals surface area contributed by atoms with Crippen LogP contribution < -0.4 is 14.8 Å². The Morgan fingerprint density at radius 2 is 1.87 bits per heavy atom. The maximum Gasteiger partial charge on any atom is 0.269 e. The number of pyridine rings is 1. The molecule has 2 aromatic carbocycles. The molecule has 3 rings (SSSR count). The Bertz CT molecular complexity index is 1110. The predicted octanol–water partition coefficient (Wildman–Crippen LogP) is 4.85. The topological polar surface area (TPSA) is 85.0 Å². The molecule has 7 heteroatoms. The SMILES string of the molecule is [C-]#[N+]c1ccc(NC(=O)C=C(O)c2ccc(-c3ccc(OC)cc3OC)cc2)cn1. The van der Waals surface area contributed by atoms with Crippen LogP contribution in [0.1, 0.15) is 5.56 Å². The number of aliphatic hydroxyl groups is 1. The zero-order chi connectivity index (χ0) is 21.5. The summed E-state index contributed by atoms with van der Waals surface area (Å²) < 4.78 is 10.6. The minimum absolute atomic E-state index is 0.175. The number of nitrogens with zero attached hydrogens (tertiary/aromatic N) is 2. The van der Waals surface area contributed by atoms with Crippen LogP contribution in [0.4, 0.5) is 11.5 Å². The highest BCUT2D eigenvalue weighted by atomic mass is 16.5. The van der Waals surface area contributed by atoms with Crippen molar-refractivity contribution in [1.82, 2.24) is 4.98 Å². The van der Waals surface area contributed by atoms with Gasteiger partial charge < -0.3 is 24.7 Å². The first kappa shape index (κ1) is 20.4. The van der Waals surface area contributed by atoms with Gasteiger partial charge in [-0.25, -0.2) is 0 Å². The smallest absolute Gasteiger partial charge is 0.269 e. The Labute approximate surface area is 174 Å². The van der Waals surface area contributed by atoms with Gasteiger partial charge >= 0.3 is 0 Å². The van der Waals surface area contributed by atoms with Crippen LogP contribution in [0.5, 0.6) is 11.5 Å². The molecule has 30 heavy (non-hydrogen) atoms. The third kappa shape index (κ3) is 4.75. The zero-order valence-electron chi connectivity index (χ0n) is 16.4. The van der Waals surface area contributed by atoms with Crippen molar-refractivity contribution in [3.63, 3.8) is 0 Å². The van der Waals surface area contributed by atoms with Crippen LogP contribution in [0.25, 0.3) is 21.7 Å². The highest BCUT2D eigenvalue weighted by molar-refractivity contribution is 6.03. The monoisotopic (exact) mass is 401 g/mol. The summed E-state index contributed by atoms with van der Waals surface area (Å²) in [5.74, 6) is 0.911. The van der Waals surface area contributed by atoms with Gasteiger partial charge in [-0.1, -0.05) is 30.8 Å². The number of hydrogen-bond donors (Lipinski definition) is 2. The Morgan fingerprint density at radius 3 is 2.47 bits per heavy atom. The number of aliphatic hydroxyl groups excluding tert-OH is 1. The molecule has 0 aliphatic rings.